The Labute approximate surface area is 135 Å². The van der Waals surface area contributed by atoms with E-state index in [0.717, 1.165) is 5.52 Å². The van der Waals surface area contributed by atoms with Gasteiger partial charge >= 0.3 is 0 Å². The van der Waals surface area contributed by atoms with Crippen molar-refractivity contribution in [3.63, 3.8) is 0 Å². The molecule has 0 atom stereocenters. The topological polar surface area (TPSA) is 69.3 Å². The summed E-state index contributed by atoms with van der Waals surface area (Å²) in [5.41, 5.74) is 2.72. The highest BCUT2D eigenvalue weighted by Gasteiger charge is 2.18. The van der Waals surface area contributed by atoms with Crippen molar-refractivity contribution in [1.29, 1.82) is 0 Å². The highest BCUT2D eigenvalue weighted by Crippen LogP contribution is 2.27. The molecule has 3 aromatic heterocycles. The number of hydrogen-bond acceptors (Lipinski definition) is 4. The molecule has 1 amide bonds. The summed E-state index contributed by atoms with van der Waals surface area (Å²) in [7, 11) is 1.63. The number of nitrogens with one attached hydrogen (secondary N) is 1. The molecule has 0 aliphatic carbocycles. The minimum absolute atomic E-state index is 0.204. The van der Waals surface area contributed by atoms with Crippen molar-refractivity contribution in [2.75, 3.05) is 19.0 Å². The molecule has 22 heavy (non-hydrogen) atoms. The van der Waals surface area contributed by atoms with Crippen LogP contribution in [-0.4, -0.2) is 29.2 Å². The summed E-state index contributed by atoms with van der Waals surface area (Å²) in [4.78, 5) is 16.4. The van der Waals surface area contributed by atoms with Gasteiger partial charge in [-0.05, 0) is 28.1 Å². The molecule has 3 rings (SSSR count). The lowest BCUT2D eigenvalue weighted by molar-refractivity contribution is 0.101. The van der Waals surface area contributed by atoms with Crippen molar-refractivity contribution in [2.24, 2.45) is 0 Å². The Kier molecular flexibility index (Phi) is 4.26. The van der Waals surface area contributed by atoms with E-state index in [1.54, 1.807) is 37.7 Å². The van der Waals surface area contributed by atoms with E-state index in [4.69, 9.17) is 9.15 Å². The number of nitrogens with zero attached hydrogens (tertiary/aromatic N) is 2. The summed E-state index contributed by atoms with van der Waals surface area (Å²) < 4.78 is 13.2. The van der Waals surface area contributed by atoms with Crippen LogP contribution in [0.4, 0.5) is 5.69 Å². The normalized spacial score (nSPS) is 11.0. The molecule has 0 spiro atoms. The number of methoxy groups -OCH3 is 1. The van der Waals surface area contributed by atoms with Crippen molar-refractivity contribution in [2.45, 2.75) is 6.54 Å². The molecular formula is C15H14BrN3O3. The van der Waals surface area contributed by atoms with Crippen molar-refractivity contribution in [3.05, 3.63) is 47.0 Å². The third-order valence-corrected chi connectivity index (χ3v) is 3.64. The SMILES string of the molecule is COCCn1c(C(=O)Nc2ccncc2)cc2oc(Br)cc21. The highest BCUT2D eigenvalue weighted by atomic mass is 79.9. The summed E-state index contributed by atoms with van der Waals surface area (Å²) in [6.45, 7) is 1.06. The van der Waals surface area contributed by atoms with Crippen LogP contribution in [0.25, 0.3) is 11.1 Å². The van der Waals surface area contributed by atoms with Gasteiger partial charge in [-0.15, -0.1) is 0 Å². The van der Waals surface area contributed by atoms with Gasteiger partial charge in [-0.2, -0.15) is 0 Å². The predicted octanol–water partition coefficient (Wildman–Crippen LogP) is 3.29. The van der Waals surface area contributed by atoms with Crippen molar-refractivity contribution < 1.29 is 13.9 Å². The number of fused-ring (bicyclic) bond motifs is 1. The molecule has 6 nitrogen and oxygen atoms in total. The lowest BCUT2D eigenvalue weighted by Gasteiger charge is -2.10. The van der Waals surface area contributed by atoms with Gasteiger partial charge in [0.1, 0.15) is 5.69 Å². The van der Waals surface area contributed by atoms with Gasteiger partial charge in [-0.25, -0.2) is 0 Å². The van der Waals surface area contributed by atoms with Gasteiger partial charge < -0.3 is 19.0 Å². The number of furan rings is 1. The van der Waals surface area contributed by atoms with Gasteiger partial charge in [0.05, 0.1) is 12.1 Å². The minimum Gasteiger partial charge on any atom is -0.448 e. The molecule has 0 radical (unpaired) electrons. The molecule has 3 heterocycles. The van der Waals surface area contributed by atoms with E-state index in [2.05, 4.69) is 26.2 Å². The van der Waals surface area contributed by atoms with Gasteiger partial charge in [0.15, 0.2) is 10.3 Å². The molecule has 1 N–H and O–H groups in total. The molecule has 3 aromatic rings. The van der Waals surface area contributed by atoms with Crippen LogP contribution < -0.4 is 5.32 Å². The summed E-state index contributed by atoms with van der Waals surface area (Å²) in [5.74, 6) is -0.204. The molecule has 114 valence electrons. The molecule has 0 fully saturated rings. The summed E-state index contributed by atoms with van der Waals surface area (Å²) in [6.07, 6.45) is 3.26. The number of carbonyl (C=O) groups excluding carboxylic acids is 1. The number of halogens is 1. The number of hydrogen-bond donors (Lipinski definition) is 1. The zero-order valence-corrected chi connectivity index (χ0v) is 13.5. The van der Waals surface area contributed by atoms with Crippen LogP contribution in [0.2, 0.25) is 0 Å². The quantitative estimate of drug-likeness (QED) is 0.754. The average molecular weight is 364 g/mol. The fourth-order valence-electron chi connectivity index (χ4n) is 2.25. The van der Waals surface area contributed by atoms with Crippen LogP contribution in [0.15, 0.2) is 45.7 Å². The molecule has 0 aliphatic heterocycles. The van der Waals surface area contributed by atoms with Crippen LogP contribution in [0.1, 0.15) is 10.5 Å². The highest BCUT2D eigenvalue weighted by molar-refractivity contribution is 9.10. The predicted molar refractivity (Wildman–Crippen MR) is 86.0 cm³/mol. The first kappa shape index (κ1) is 14.8. The van der Waals surface area contributed by atoms with E-state index >= 15 is 0 Å². The van der Waals surface area contributed by atoms with E-state index in [1.807, 2.05) is 10.6 Å². The summed E-state index contributed by atoms with van der Waals surface area (Å²) in [6, 6.07) is 7.04. The second kappa shape index (κ2) is 6.33. The number of carbonyl (C=O) groups is 1. The molecule has 0 unspecified atom stereocenters. The van der Waals surface area contributed by atoms with Crippen molar-refractivity contribution in [3.8, 4) is 0 Å². The number of anilines is 1. The smallest absolute Gasteiger partial charge is 0.272 e. The Balaban J connectivity index is 1.94. The fourth-order valence-corrected chi connectivity index (χ4v) is 2.64. The first-order valence-electron chi connectivity index (χ1n) is 6.68. The number of ether oxygens (including phenoxy) is 1. The fraction of sp³-hybridized carbons (Fsp3) is 0.200. The van der Waals surface area contributed by atoms with E-state index < -0.39 is 0 Å². The van der Waals surface area contributed by atoms with Crippen LogP contribution in [0, 0.1) is 0 Å². The molecule has 7 heteroatoms. The van der Waals surface area contributed by atoms with Crippen LogP contribution in [0.5, 0.6) is 0 Å². The zero-order valence-electron chi connectivity index (χ0n) is 11.9. The zero-order chi connectivity index (χ0) is 15.5. The molecule has 0 aliphatic rings. The third kappa shape index (κ3) is 2.90. The third-order valence-electron chi connectivity index (χ3n) is 3.25. The van der Waals surface area contributed by atoms with Crippen LogP contribution in [0.3, 0.4) is 0 Å². The second-order valence-electron chi connectivity index (χ2n) is 4.66. The van der Waals surface area contributed by atoms with Crippen LogP contribution in [-0.2, 0) is 11.3 Å². The summed E-state index contributed by atoms with van der Waals surface area (Å²) >= 11 is 3.30. The Bertz CT molecular complexity index is 795. The van der Waals surface area contributed by atoms with Gasteiger partial charge in [-0.1, -0.05) is 0 Å². The Morgan fingerprint density at radius 1 is 1.41 bits per heavy atom. The van der Waals surface area contributed by atoms with Gasteiger partial charge in [0, 0.05) is 43.9 Å². The number of rotatable bonds is 5. The maximum absolute atomic E-state index is 12.5. The largest absolute Gasteiger partial charge is 0.448 e. The number of pyridine rings is 1. The molecule has 0 aromatic carbocycles. The maximum atomic E-state index is 12.5. The van der Waals surface area contributed by atoms with E-state index in [1.165, 1.54) is 0 Å². The van der Waals surface area contributed by atoms with Crippen molar-refractivity contribution >= 4 is 38.6 Å². The number of amides is 1. The molecule has 0 saturated heterocycles. The van der Waals surface area contributed by atoms with E-state index in [-0.39, 0.29) is 5.91 Å². The van der Waals surface area contributed by atoms with Gasteiger partial charge in [0.25, 0.3) is 5.91 Å². The minimum atomic E-state index is -0.204. The lowest BCUT2D eigenvalue weighted by atomic mass is 10.3. The van der Waals surface area contributed by atoms with E-state index in [9.17, 15) is 4.79 Å². The maximum Gasteiger partial charge on any atom is 0.272 e. The van der Waals surface area contributed by atoms with Gasteiger partial charge in [-0.3, -0.25) is 9.78 Å². The number of aromatic nitrogens is 2. The van der Waals surface area contributed by atoms with E-state index in [0.29, 0.717) is 34.8 Å². The Hall–Kier alpha value is -2.12. The molecule has 0 saturated carbocycles. The van der Waals surface area contributed by atoms with Crippen LogP contribution >= 0.6 is 15.9 Å². The summed E-state index contributed by atoms with van der Waals surface area (Å²) in [5, 5.41) is 2.85. The van der Waals surface area contributed by atoms with Gasteiger partial charge in [0.2, 0.25) is 0 Å². The Morgan fingerprint density at radius 3 is 2.91 bits per heavy atom. The Morgan fingerprint density at radius 2 is 2.18 bits per heavy atom. The first-order valence-corrected chi connectivity index (χ1v) is 7.47. The first-order chi connectivity index (χ1) is 10.7. The molecule has 0 bridgehead atoms. The second-order valence-corrected chi connectivity index (χ2v) is 5.45. The lowest BCUT2D eigenvalue weighted by Crippen LogP contribution is -2.18. The van der Waals surface area contributed by atoms with Crippen molar-refractivity contribution in [1.82, 2.24) is 9.55 Å². The average Bonchev–Trinajstić information content (AvgIpc) is 3.02. The standard InChI is InChI=1S/C15H14BrN3O3/c1-21-7-6-19-11-9-14(16)22-13(11)8-12(19)15(20)18-10-2-4-17-5-3-10/h2-5,8-9H,6-7H2,1H3,(H,17,18,20). The monoisotopic (exact) mass is 363 g/mol. The molecular weight excluding hydrogens is 350 g/mol.